The van der Waals surface area contributed by atoms with Gasteiger partial charge in [0.15, 0.2) is 5.78 Å². The van der Waals surface area contributed by atoms with E-state index in [1.54, 1.807) is 0 Å². The maximum Gasteiger partial charge on any atom is 0.158 e. The van der Waals surface area contributed by atoms with Crippen molar-refractivity contribution in [3.05, 3.63) is 11.6 Å². The topological polar surface area (TPSA) is 17.1 Å². The quantitative estimate of drug-likeness (QED) is 0.554. The average Bonchev–Trinajstić information content (AvgIpc) is 2.64. The fraction of sp³-hybridized carbons (Fsp3) is 0.750. The molecule has 1 unspecified atom stereocenters. The smallest absolute Gasteiger partial charge is 0.158 e. The van der Waals surface area contributed by atoms with Crippen molar-refractivity contribution >= 4 is 5.78 Å². The Labute approximate surface area is 79.2 Å². The molecule has 3 aliphatic rings. The van der Waals surface area contributed by atoms with Crippen LogP contribution in [0.15, 0.2) is 11.6 Å². The minimum Gasteiger partial charge on any atom is -0.295 e. The van der Waals surface area contributed by atoms with E-state index in [2.05, 4.69) is 6.92 Å². The summed E-state index contributed by atoms with van der Waals surface area (Å²) < 4.78 is 0. The Morgan fingerprint density at radius 3 is 3.15 bits per heavy atom. The van der Waals surface area contributed by atoms with Crippen molar-refractivity contribution in [3.8, 4) is 0 Å². The molecule has 3 rings (SSSR count). The van der Waals surface area contributed by atoms with E-state index in [9.17, 15) is 4.79 Å². The van der Waals surface area contributed by atoms with Crippen molar-refractivity contribution in [2.24, 2.45) is 17.3 Å². The lowest BCUT2D eigenvalue weighted by Crippen LogP contribution is -2.27. The van der Waals surface area contributed by atoms with Gasteiger partial charge >= 0.3 is 0 Å². The Balaban J connectivity index is 2.12. The van der Waals surface area contributed by atoms with Crippen molar-refractivity contribution in [2.75, 3.05) is 0 Å². The molecule has 70 valence electrons. The van der Waals surface area contributed by atoms with Gasteiger partial charge in [0.05, 0.1) is 0 Å². The summed E-state index contributed by atoms with van der Waals surface area (Å²) >= 11 is 0. The van der Waals surface area contributed by atoms with E-state index >= 15 is 0 Å². The maximum absolute atomic E-state index is 11.6. The molecule has 0 heterocycles. The molecule has 2 fully saturated rings. The summed E-state index contributed by atoms with van der Waals surface area (Å²) in [6.07, 6.45) is 8.12. The first-order chi connectivity index (χ1) is 6.22. The standard InChI is InChI=1S/C12H16O/c1-8-2-3-10-6-11(13)9-4-5-12(8,10)7-9/h6,8-9H,2-5,7H2,1H3/t8?,9-,12+/m0/s1. The normalized spacial score (nSPS) is 47.8. The molecule has 2 saturated carbocycles. The first kappa shape index (κ1) is 7.78. The Kier molecular flexibility index (Phi) is 1.35. The minimum atomic E-state index is 0.393. The zero-order valence-corrected chi connectivity index (χ0v) is 8.18. The number of hydrogen-bond donors (Lipinski definition) is 0. The Bertz CT molecular complexity index is 302. The van der Waals surface area contributed by atoms with E-state index in [1.165, 1.54) is 31.3 Å². The van der Waals surface area contributed by atoms with Gasteiger partial charge < -0.3 is 0 Å². The molecular formula is C12H16O. The molecule has 0 aliphatic heterocycles. The largest absolute Gasteiger partial charge is 0.295 e. The van der Waals surface area contributed by atoms with Crippen LogP contribution in [0.1, 0.15) is 39.0 Å². The molecule has 0 N–H and O–H groups in total. The third kappa shape index (κ3) is 0.806. The number of ketones is 1. The molecule has 0 aromatic rings. The molecule has 13 heavy (non-hydrogen) atoms. The molecule has 1 heteroatoms. The summed E-state index contributed by atoms with van der Waals surface area (Å²) in [5.74, 6) is 1.65. The van der Waals surface area contributed by atoms with E-state index in [0.717, 1.165) is 12.3 Å². The molecular weight excluding hydrogens is 160 g/mol. The van der Waals surface area contributed by atoms with E-state index in [4.69, 9.17) is 0 Å². The lowest BCUT2D eigenvalue weighted by molar-refractivity contribution is -0.118. The number of allylic oxidation sites excluding steroid dienone is 2. The molecule has 0 aromatic carbocycles. The summed E-state index contributed by atoms with van der Waals surface area (Å²) in [6, 6.07) is 0. The van der Waals surface area contributed by atoms with Crippen molar-refractivity contribution in [2.45, 2.75) is 39.0 Å². The van der Waals surface area contributed by atoms with E-state index in [1.807, 2.05) is 6.08 Å². The second-order valence-electron chi connectivity index (χ2n) is 5.11. The fourth-order valence-corrected chi connectivity index (χ4v) is 3.78. The van der Waals surface area contributed by atoms with Crippen LogP contribution < -0.4 is 0 Å². The fourth-order valence-electron chi connectivity index (χ4n) is 3.78. The second-order valence-corrected chi connectivity index (χ2v) is 5.11. The SMILES string of the molecule is CC1CCC2=CC(=O)[C@H]3CC[C@]21C3. The van der Waals surface area contributed by atoms with Crippen LogP contribution in [0.5, 0.6) is 0 Å². The number of hydrogen-bond acceptors (Lipinski definition) is 1. The summed E-state index contributed by atoms with van der Waals surface area (Å²) in [4.78, 5) is 11.6. The predicted molar refractivity (Wildman–Crippen MR) is 51.3 cm³/mol. The molecule has 2 bridgehead atoms. The van der Waals surface area contributed by atoms with Crippen molar-refractivity contribution < 1.29 is 4.79 Å². The number of rotatable bonds is 0. The van der Waals surface area contributed by atoms with E-state index < -0.39 is 0 Å². The van der Waals surface area contributed by atoms with Gasteiger partial charge in [-0.15, -0.1) is 0 Å². The molecule has 3 aliphatic carbocycles. The van der Waals surface area contributed by atoms with Gasteiger partial charge in [-0.05, 0) is 49.5 Å². The van der Waals surface area contributed by atoms with Crippen LogP contribution in [0.4, 0.5) is 0 Å². The van der Waals surface area contributed by atoms with Crippen molar-refractivity contribution in [1.82, 2.24) is 0 Å². The van der Waals surface area contributed by atoms with Gasteiger partial charge in [0.1, 0.15) is 0 Å². The van der Waals surface area contributed by atoms with Gasteiger partial charge in [-0.2, -0.15) is 0 Å². The lowest BCUT2D eigenvalue weighted by Gasteiger charge is -2.33. The molecule has 1 nitrogen and oxygen atoms in total. The number of fused-ring (bicyclic) bond motifs is 1. The second kappa shape index (κ2) is 2.26. The average molecular weight is 176 g/mol. The monoisotopic (exact) mass is 176 g/mol. The van der Waals surface area contributed by atoms with Crippen molar-refractivity contribution in [3.63, 3.8) is 0 Å². The van der Waals surface area contributed by atoms with Gasteiger partial charge in [0.2, 0.25) is 0 Å². The van der Waals surface area contributed by atoms with Gasteiger partial charge in [-0.25, -0.2) is 0 Å². The number of carbonyl (C=O) groups excluding carboxylic acids is 1. The highest BCUT2D eigenvalue weighted by Gasteiger charge is 2.52. The molecule has 0 aromatic heterocycles. The first-order valence-corrected chi connectivity index (χ1v) is 5.47. The predicted octanol–water partition coefficient (Wildman–Crippen LogP) is 2.71. The lowest BCUT2D eigenvalue weighted by atomic mass is 9.71. The number of carbonyl (C=O) groups is 1. The van der Waals surface area contributed by atoms with Crippen molar-refractivity contribution in [1.29, 1.82) is 0 Å². The van der Waals surface area contributed by atoms with Crippen LogP contribution in [0.2, 0.25) is 0 Å². The van der Waals surface area contributed by atoms with Gasteiger partial charge in [0.25, 0.3) is 0 Å². The molecule has 0 saturated heterocycles. The van der Waals surface area contributed by atoms with Crippen LogP contribution in [-0.2, 0) is 4.79 Å². The third-order valence-corrected chi connectivity index (χ3v) is 4.70. The van der Waals surface area contributed by atoms with Gasteiger partial charge in [-0.1, -0.05) is 12.5 Å². The van der Waals surface area contributed by atoms with Crippen LogP contribution in [0.3, 0.4) is 0 Å². The first-order valence-electron chi connectivity index (χ1n) is 5.47. The van der Waals surface area contributed by atoms with Crippen LogP contribution in [0.25, 0.3) is 0 Å². The van der Waals surface area contributed by atoms with E-state index in [0.29, 0.717) is 17.1 Å². The summed E-state index contributed by atoms with van der Waals surface area (Å²) in [5.41, 5.74) is 1.98. The summed E-state index contributed by atoms with van der Waals surface area (Å²) in [6.45, 7) is 2.37. The highest BCUT2D eigenvalue weighted by atomic mass is 16.1. The maximum atomic E-state index is 11.6. The molecule has 0 radical (unpaired) electrons. The highest BCUT2D eigenvalue weighted by Crippen LogP contribution is 2.61. The Morgan fingerprint density at radius 2 is 2.31 bits per heavy atom. The zero-order chi connectivity index (χ0) is 9.05. The third-order valence-electron chi connectivity index (χ3n) is 4.70. The highest BCUT2D eigenvalue weighted by molar-refractivity contribution is 5.94. The Morgan fingerprint density at radius 1 is 1.46 bits per heavy atom. The van der Waals surface area contributed by atoms with Gasteiger partial charge in [0, 0.05) is 5.92 Å². The zero-order valence-electron chi connectivity index (χ0n) is 8.18. The molecule has 1 spiro atoms. The molecule has 0 amide bonds. The van der Waals surface area contributed by atoms with Crippen LogP contribution in [-0.4, -0.2) is 5.78 Å². The summed E-state index contributed by atoms with van der Waals surface area (Å²) in [7, 11) is 0. The van der Waals surface area contributed by atoms with E-state index in [-0.39, 0.29) is 0 Å². The van der Waals surface area contributed by atoms with Crippen LogP contribution in [0, 0.1) is 17.3 Å². The van der Waals surface area contributed by atoms with Gasteiger partial charge in [-0.3, -0.25) is 4.79 Å². The Hall–Kier alpha value is -0.590. The van der Waals surface area contributed by atoms with Crippen LogP contribution >= 0.6 is 0 Å². The molecule has 3 atom stereocenters. The minimum absolute atomic E-state index is 0.393. The summed E-state index contributed by atoms with van der Waals surface area (Å²) in [5, 5.41) is 0.